The lowest BCUT2D eigenvalue weighted by Gasteiger charge is -2.32. The molecule has 2 heteroatoms. The Morgan fingerprint density at radius 2 is 1.30 bits per heavy atom. The Bertz CT molecular complexity index is 834. The van der Waals surface area contributed by atoms with Crippen molar-refractivity contribution in [1.82, 2.24) is 5.32 Å². The van der Waals surface area contributed by atoms with Crippen LogP contribution < -0.4 is 10.1 Å². The van der Waals surface area contributed by atoms with Gasteiger partial charge in [0.2, 0.25) is 0 Å². The van der Waals surface area contributed by atoms with Crippen LogP contribution in [-0.2, 0) is 0 Å². The summed E-state index contributed by atoms with van der Waals surface area (Å²) in [5.41, 5.74) is 5.34. The summed E-state index contributed by atoms with van der Waals surface area (Å²) < 4.78 is 5.35. The zero-order chi connectivity index (χ0) is 18.5. The maximum absolute atomic E-state index is 5.35. The summed E-state index contributed by atoms with van der Waals surface area (Å²) in [6.07, 6.45) is 2.44. The molecule has 2 nitrogen and oxygen atoms in total. The van der Waals surface area contributed by atoms with Gasteiger partial charge in [-0.15, -0.1) is 0 Å². The predicted octanol–water partition coefficient (Wildman–Crippen LogP) is 5.49. The van der Waals surface area contributed by atoms with Crippen LogP contribution in [0.4, 0.5) is 0 Å². The van der Waals surface area contributed by atoms with Crippen LogP contribution in [-0.4, -0.2) is 20.2 Å². The van der Waals surface area contributed by atoms with Crippen molar-refractivity contribution < 1.29 is 4.74 Å². The van der Waals surface area contributed by atoms with Crippen LogP contribution in [0.3, 0.4) is 0 Å². The van der Waals surface area contributed by atoms with Crippen molar-refractivity contribution in [2.75, 3.05) is 20.2 Å². The quantitative estimate of drug-likeness (QED) is 0.651. The van der Waals surface area contributed by atoms with Gasteiger partial charge in [0.05, 0.1) is 7.11 Å². The summed E-state index contributed by atoms with van der Waals surface area (Å²) in [6.45, 7) is 2.22. The van der Waals surface area contributed by atoms with Gasteiger partial charge in [0.15, 0.2) is 0 Å². The highest BCUT2D eigenvalue weighted by molar-refractivity contribution is 5.63. The van der Waals surface area contributed by atoms with Gasteiger partial charge in [0, 0.05) is 5.92 Å². The van der Waals surface area contributed by atoms with Gasteiger partial charge >= 0.3 is 0 Å². The second-order valence-corrected chi connectivity index (χ2v) is 7.33. The van der Waals surface area contributed by atoms with Gasteiger partial charge in [0.25, 0.3) is 0 Å². The normalized spacial score (nSPS) is 16.0. The fraction of sp³-hybridized carbons (Fsp3) is 0.280. The lowest BCUT2D eigenvalue weighted by molar-refractivity contribution is 0.342. The summed E-state index contributed by atoms with van der Waals surface area (Å²) in [5.74, 6) is 2.02. The standard InChI is InChI=1S/C25H27NO/c1-27-24-13-11-22(12-14-24)25(23-15-17-26-18-16-23)21-9-7-20(8-10-21)19-5-3-2-4-6-19/h2-14,23,25-26H,15-18H2,1H3. The maximum Gasteiger partial charge on any atom is 0.118 e. The number of piperidine rings is 1. The third-order valence-electron chi connectivity index (χ3n) is 5.71. The van der Waals surface area contributed by atoms with Crippen LogP contribution in [0, 0.1) is 5.92 Å². The van der Waals surface area contributed by atoms with Crippen molar-refractivity contribution in [1.29, 1.82) is 0 Å². The number of hydrogen-bond donors (Lipinski definition) is 1. The van der Waals surface area contributed by atoms with E-state index in [1.807, 2.05) is 0 Å². The molecule has 1 N–H and O–H groups in total. The van der Waals surface area contributed by atoms with E-state index in [1.165, 1.54) is 35.1 Å². The highest BCUT2D eigenvalue weighted by Crippen LogP contribution is 2.38. The van der Waals surface area contributed by atoms with Crippen molar-refractivity contribution in [2.24, 2.45) is 5.92 Å². The topological polar surface area (TPSA) is 21.3 Å². The van der Waals surface area contributed by atoms with Crippen molar-refractivity contribution in [3.05, 3.63) is 90.0 Å². The van der Waals surface area contributed by atoms with Crippen LogP contribution in [0.1, 0.15) is 29.9 Å². The van der Waals surface area contributed by atoms with Crippen LogP contribution in [0.25, 0.3) is 11.1 Å². The molecule has 3 aromatic carbocycles. The molecule has 0 bridgehead atoms. The number of methoxy groups -OCH3 is 1. The molecule has 138 valence electrons. The molecule has 1 fully saturated rings. The van der Waals surface area contributed by atoms with E-state index in [-0.39, 0.29) is 0 Å². The van der Waals surface area contributed by atoms with Crippen molar-refractivity contribution >= 4 is 0 Å². The summed E-state index contributed by atoms with van der Waals surface area (Å²) in [7, 11) is 1.72. The third-order valence-corrected chi connectivity index (χ3v) is 5.71. The molecule has 0 aliphatic carbocycles. The average Bonchev–Trinajstić information content (AvgIpc) is 2.76. The third kappa shape index (κ3) is 4.06. The number of hydrogen-bond acceptors (Lipinski definition) is 2. The van der Waals surface area contributed by atoms with Crippen molar-refractivity contribution in [2.45, 2.75) is 18.8 Å². The highest BCUT2D eigenvalue weighted by atomic mass is 16.5. The van der Waals surface area contributed by atoms with Crippen LogP contribution in [0.15, 0.2) is 78.9 Å². The second-order valence-electron chi connectivity index (χ2n) is 7.33. The summed E-state index contributed by atoms with van der Waals surface area (Å²) in [4.78, 5) is 0. The molecular weight excluding hydrogens is 330 g/mol. The molecule has 0 saturated carbocycles. The minimum absolute atomic E-state index is 0.433. The minimum atomic E-state index is 0.433. The van der Waals surface area contributed by atoms with E-state index < -0.39 is 0 Å². The largest absolute Gasteiger partial charge is 0.497 e. The number of benzene rings is 3. The van der Waals surface area contributed by atoms with Gasteiger partial charge in [0.1, 0.15) is 5.75 Å². The first-order chi connectivity index (χ1) is 13.3. The van der Waals surface area contributed by atoms with E-state index in [0.717, 1.165) is 18.8 Å². The first kappa shape index (κ1) is 17.8. The summed E-state index contributed by atoms with van der Waals surface area (Å²) in [5, 5.41) is 3.50. The van der Waals surface area contributed by atoms with Crippen molar-refractivity contribution in [3.63, 3.8) is 0 Å². The van der Waals surface area contributed by atoms with E-state index in [9.17, 15) is 0 Å². The first-order valence-corrected chi connectivity index (χ1v) is 9.85. The molecule has 1 saturated heterocycles. The Morgan fingerprint density at radius 1 is 0.741 bits per heavy atom. The zero-order valence-corrected chi connectivity index (χ0v) is 15.9. The van der Waals surface area contributed by atoms with Gasteiger partial charge in [-0.2, -0.15) is 0 Å². The molecule has 1 unspecified atom stereocenters. The number of ether oxygens (including phenoxy) is 1. The molecule has 0 radical (unpaired) electrons. The molecular formula is C25H27NO. The van der Waals surface area contributed by atoms with E-state index in [4.69, 9.17) is 4.74 Å². The van der Waals surface area contributed by atoms with E-state index >= 15 is 0 Å². The molecule has 27 heavy (non-hydrogen) atoms. The zero-order valence-electron chi connectivity index (χ0n) is 15.9. The summed E-state index contributed by atoms with van der Waals surface area (Å²) >= 11 is 0. The Labute approximate surface area is 162 Å². The van der Waals surface area contributed by atoms with Crippen molar-refractivity contribution in [3.8, 4) is 16.9 Å². The monoisotopic (exact) mass is 357 g/mol. The fourth-order valence-electron chi connectivity index (χ4n) is 4.24. The molecule has 1 atom stereocenters. The molecule has 0 spiro atoms. The van der Waals surface area contributed by atoms with Crippen LogP contribution in [0.5, 0.6) is 5.75 Å². The summed E-state index contributed by atoms with van der Waals surface area (Å²) in [6, 6.07) is 28.4. The Hall–Kier alpha value is -2.58. The Morgan fingerprint density at radius 3 is 1.89 bits per heavy atom. The van der Waals surface area contributed by atoms with Crippen LogP contribution >= 0.6 is 0 Å². The van der Waals surface area contributed by atoms with E-state index in [2.05, 4.69) is 84.2 Å². The van der Waals surface area contributed by atoms with Gasteiger partial charge in [-0.05, 0) is 66.2 Å². The lowest BCUT2D eigenvalue weighted by atomic mass is 9.76. The number of nitrogens with one attached hydrogen (secondary N) is 1. The molecule has 1 aliphatic heterocycles. The maximum atomic E-state index is 5.35. The number of rotatable bonds is 5. The smallest absolute Gasteiger partial charge is 0.118 e. The fourth-order valence-corrected chi connectivity index (χ4v) is 4.24. The first-order valence-electron chi connectivity index (χ1n) is 9.85. The highest BCUT2D eigenvalue weighted by Gasteiger charge is 2.26. The second kappa shape index (κ2) is 8.41. The predicted molar refractivity (Wildman–Crippen MR) is 112 cm³/mol. The van der Waals surface area contributed by atoms with Gasteiger partial charge in [-0.3, -0.25) is 0 Å². The average molecular weight is 357 g/mol. The van der Waals surface area contributed by atoms with E-state index in [0.29, 0.717) is 11.8 Å². The molecule has 1 aliphatic rings. The minimum Gasteiger partial charge on any atom is -0.497 e. The molecule has 3 aromatic rings. The van der Waals surface area contributed by atoms with E-state index in [1.54, 1.807) is 7.11 Å². The molecule has 4 rings (SSSR count). The SMILES string of the molecule is COc1ccc(C(c2ccc(-c3ccccc3)cc2)C2CCNCC2)cc1. The lowest BCUT2D eigenvalue weighted by Crippen LogP contribution is -2.31. The van der Waals surface area contributed by atoms with Gasteiger partial charge in [-0.1, -0.05) is 66.7 Å². The molecule has 0 amide bonds. The Kier molecular flexibility index (Phi) is 5.55. The molecule has 0 aromatic heterocycles. The van der Waals surface area contributed by atoms with Gasteiger partial charge in [-0.25, -0.2) is 0 Å². The van der Waals surface area contributed by atoms with Gasteiger partial charge < -0.3 is 10.1 Å². The van der Waals surface area contributed by atoms with Crippen LogP contribution in [0.2, 0.25) is 0 Å². The molecule has 1 heterocycles. The Balaban J connectivity index is 1.67.